The summed E-state index contributed by atoms with van der Waals surface area (Å²) in [5.41, 5.74) is 0. The van der Waals surface area contributed by atoms with E-state index in [-0.39, 0.29) is 19.3 Å². The van der Waals surface area contributed by atoms with Crippen LogP contribution in [0.3, 0.4) is 0 Å². The van der Waals surface area contributed by atoms with Gasteiger partial charge < -0.3 is 54.8 Å². The molecule has 1 fully saturated rings. The van der Waals surface area contributed by atoms with Gasteiger partial charge in [-0.05, 0) is 70.6 Å². The molecule has 5 unspecified atom stereocenters. The fourth-order valence-corrected chi connectivity index (χ4v) is 8.19. The molecule has 71 heavy (non-hydrogen) atoms. The number of ether oxygens (including phenoxy) is 2. The molecule has 9 N–H and O–H groups in total. The predicted molar refractivity (Wildman–Crippen MR) is 271 cm³/mol. The highest BCUT2D eigenvalue weighted by Crippen LogP contribution is 2.49. The molecule has 10 atom stereocenters. The van der Waals surface area contributed by atoms with Crippen molar-refractivity contribution in [1.29, 1.82) is 0 Å². The van der Waals surface area contributed by atoms with Gasteiger partial charge in [0.25, 0.3) is 0 Å². The van der Waals surface area contributed by atoms with E-state index in [0.717, 1.165) is 25.7 Å². The van der Waals surface area contributed by atoms with Gasteiger partial charge in [0.15, 0.2) is 6.10 Å². The molecule has 0 bridgehead atoms. The molecule has 18 nitrogen and oxygen atoms in total. The molecule has 1 aliphatic carbocycles. The fourth-order valence-electron chi connectivity index (χ4n) is 6.65. The summed E-state index contributed by atoms with van der Waals surface area (Å²) in [4.78, 5) is 54.3. The molecule has 0 aliphatic heterocycles. The van der Waals surface area contributed by atoms with Crippen molar-refractivity contribution in [2.24, 2.45) is 0 Å². The summed E-state index contributed by atoms with van der Waals surface area (Å²) in [6, 6.07) is 0. The Labute approximate surface area is 420 Å². The van der Waals surface area contributed by atoms with Crippen LogP contribution in [0.25, 0.3) is 0 Å². The highest BCUT2D eigenvalue weighted by molar-refractivity contribution is 7.47. The van der Waals surface area contributed by atoms with Crippen LogP contribution in [-0.4, -0.2) is 125 Å². The minimum Gasteiger partial charge on any atom is -0.462 e. The third-order valence-electron chi connectivity index (χ3n) is 10.5. The number of hydrogen-bond donors (Lipinski definition) is 9. The SMILES string of the molecule is CC/C=C\C[C@@H](O)/C=C/C=C\C=C\[C@@H](O)C/C=C\C/C=C\CCC(=O)OC[C@H](COP(=O)(O)O[C@H]1C(O)C(O)C(O)[C@@H](OP(=O)(O)O)C1O)OC(=O)CCC/C=C\C/C=C\C/C=C\CCCCCCCC. The van der Waals surface area contributed by atoms with Crippen molar-refractivity contribution < 1.29 is 87.1 Å². The van der Waals surface area contributed by atoms with Crippen molar-refractivity contribution in [3.63, 3.8) is 0 Å². The lowest BCUT2D eigenvalue weighted by Crippen LogP contribution is -2.64. The molecular formula is C51H82O18P2. The zero-order valence-corrected chi connectivity index (χ0v) is 43.1. The third kappa shape index (κ3) is 34.6. The van der Waals surface area contributed by atoms with Crippen LogP contribution in [0.5, 0.6) is 0 Å². The molecule has 0 heterocycles. The number of hydrogen-bond acceptors (Lipinski definition) is 15. The zero-order valence-electron chi connectivity index (χ0n) is 41.3. The number of rotatable bonds is 39. The van der Waals surface area contributed by atoms with Crippen LogP contribution in [0.4, 0.5) is 0 Å². The minimum absolute atomic E-state index is 0.0722. The van der Waals surface area contributed by atoms with Crippen molar-refractivity contribution >= 4 is 27.6 Å². The van der Waals surface area contributed by atoms with Gasteiger partial charge in [0.05, 0.1) is 18.8 Å². The summed E-state index contributed by atoms with van der Waals surface area (Å²) in [5, 5.41) is 61.3. The Bertz CT molecular complexity index is 1820. The molecule has 0 saturated heterocycles. The first kappa shape index (κ1) is 65.6. The Balaban J connectivity index is 2.71. The summed E-state index contributed by atoms with van der Waals surface area (Å²) in [6.45, 7) is 2.71. The molecule has 0 amide bonds. The van der Waals surface area contributed by atoms with Gasteiger partial charge in [0.1, 0.15) is 43.2 Å². The third-order valence-corrected chi connectivity index (χ3v) is 12.0. The standard InChI is InChI=1S/C51H82O18P2/c1-3-5-7-8-9-10-11-12-13-14-15-16-17-18-19-24-32-38-45(55)67-43(40-66-71(63,64)69-51-48(58)46(56)47(57)50(49(51)59)68-70(60,61)62)39-65-44(54)37-31-23-21-20-22-28-34-42(53)36-30-26-25-29-35-41(52)33-27-6-4-2/h6,12-13,15-16,18-19,21-23,25-30,35-36,41-43,46-53,56-59H,3-5,7-11,14,17,20,24,31-34,37-40H2,1-2H3,(H,63,64)(H2,60,61,62)/b13-12-,16-15-,19-18-,23-21-,26-25-,27-6-,28-22-,35-29+,36-30+/t41-,42+,43-,46?,47?,48?,49?,50-,51+/m1/s1. The monoisotopic (exact) mass is 1040 g/mol. The molecule has 0 aromatic heterocycles. The van der Waals surface area contributed by atoms with Crippen molar-refractivity contribution in [3.8, 4) is 0 Å². The van der Waals surface area contributed by atoms with Crippen LogP contribution in [0.1, 0.15) is 129 Å². The van der Waals surface area contributed by atoms with Gasteiger partial charge in [0, 0.05) is 12.8 Å². The molecule has 0 aromatic rings. The Kier molecular flexibility index (Phi) is 37.0. The van der Waals surface area contributed by atoms with Crippen LogP contribution >= 0.6 is 15.6 Å². The van der Waals surface area contributed by atoms with Gasteiger partial charge in [-0.15, -0.1) is 0 Å². The van der Waals surface area contributed by atoms with Gasteiger partial charge in [0.2, 0.25) is 0 Å². The Morgan fingerprint density at radius 2 is 1.04 bits per heavy atom. The average molecular weight is 1050 g/mol. The second kappa shape index (κ2) is 40.0. The summed E-state index contributed by atoms with van der Waals surface area (Å²) in [6.07, 6.45) is 31.2. The predicted octanol–water partition coefficient (Wildman–Crippen LogP) is 7.67. The number of esters is 2. The number of aliphatic hydroxyl groups is 6. The van der Waals surface area contributed by atoms with E-state index in [1.165, 1.54) is 38.5 Å². The summed E-state index contributed by atoms with van der Waals surface area (Å²) >= 11 is 0. The van der Waals surface area contributed by atoms with E-state index >= 15 is 0 Å². The van der Waals surface area contributed by atoms with Gasteiger partial charge in [-0.25, -0.2) is 9.13 Å². The maximum absolute atomic E-state index is 13.0. The summed E-state index contributed by atoms with van der Waals surface area (Å²) in [5.74, 6) is -1.45. The van der Waals surface area contributed by atoms with Crippen LogP contribution < -0.4 is 0 Å². The van der Waals surface area contributed by atoms with Crippen molar-refractivity contribution in [2.45, 2.75) is 184 Å². The minimum atomic E-state index is -5.40. The maximum Gasteiger partial charge on any atom is 0.472 e. The molecule has 1 saturated carbocycles. The summed E-state index contributed by atoms with van der Waals surface area (Å²) < 4.78 is 49.2. The molecular weight excluding hydrogens is 962 g/mol. The lowest BCUT2D eigenvalue weighted by Gasteiger charge is -2.43. The normalized spacial score (nSPS) is 22.7. The van der Waals surface area contributed by atoms with E-state index < -0.39 is 95.7 Å². The largest absolute Gasteiger partial charge is 0.472 e. The van der Waals surface area contributed by atoms with E-state index in [2.05, 4.69) is 35.8 Å². The zero-order chi connectivity index (χ0) is 52.8. The molecule has 1 rings (SSSR count). The van der Waals surface area contributed by atoms with Crippen LogP contribution in [-0.2, 0) is 41.8 Å². The lowest BCUT2D eigenvalue weighted by molar-refractivity contribution is -0.216. The van der Waals surface area contributed by atoms with Crippen molar-refractivity contribution in [2.75, 3.05) is 13.2 Å². The Hall–Kier alpha value is -3.42. The average Bonchev–Trinajstić information content (AvgIpc) is 3.32. The number of phosphoric acid groups is 2. The van der Waals surface area contributed by atoms with E-state index in [4.69, 9.17) is 18.5 Å². The summed E-state index contributed by atoms with van der Waals surface area (Å²) in [7, 11) is -10.8. The van der Waals surface area contributed by atoms with Gasteiger partial charge in [-0.1, -0.05) is 155 Å². The quantitative estimate of drug-likeness (QED) is 0.00938. The number of allylic oxidation sites excluding steroid dienone is 14. The van der Waals surface area contributed by atoms with Crippen molar-refractivity contribution in [3.05, 3.63) is 109 Å². The molecule has 20 heteroatoms. The van der Waals surface area contributed by atoms with Crippen LogP contribution in [0, 0.1) is 0 Å². The second-order valence-corrected chi connectivity index (χ2v) is 19.4. The molecule has 1 aliphatic rings. The first-order valence-electron chi connectivity index (χ1n) is 24.6. The fraction of sp³-hybridized carbons (Fsp3) is 0.608. The van der Waals surface area contributed by atoms with Crippen LogP contribution in [0.15, 0.2) is 109 Å². The van der Waals surface area contributed by atoms with Gasteiger partial charge in [-0.2, -0.15) is 0 Å². The molecule has 404 valence electrons. The van der Waals surface area contributed by atoms with Crippen LogP contribution in [0.2, 0.25) is 0 Å². The smallest absolute Gasteiger partial charge is 0.462 e. The lowest BCUT2D eigenvalue weighted by atomic mass is 9.85. The van der Waals surface area contributed by atoms with E-state index in [1.54, 1.807) is 42.5 Å². The molecule has 0 spiro atoms. The topological polar surface area (TPSA) is 296 Å². The molecule has 0 aromatic carbocycles. The van der Waals surface area contributed by atoms with Gasteiger partial charge >= 0.3 is 27.6 Å². The maximum atomic E-state index is 13.0. The molecule has 0 radical (unpaired) electrons. The number of phosphoric ester groups is 2. The Morgan fingerprint density at radius 3 is 1.62 bits per heavy atom. The number of aliphatic hydroxyl groups excluding tert-OH is 6. The highest BCUT2D eigenvalue weighted by Gasteiger charge is 2.54. The van der Waals surface area contributed by atoms with E-state index in [0.29, 0.717) is 32.1 Å². The van der Waals surface area contributed by atoms with E-state index in [9.17, 15) is 64.0 Å². The number of unbranched alkanes of at least 4 members (excludes halogenated alkanes) is 7. The first-order valence-corrected chi connectivity index (χ1v) is 27.7. The van der Waals surface area contributed by atoms with Crippen molar-refractivity contribution in [1.82, 2.24) is 0 Å². The number of carbonyl (C=O) groups excluding carboxylic acids is 2. The number of carbonyl (C=O) groups is 2. The van der Waals surface area contributed by atoms with E-state index in [1.807, 2.05) is 49.5 Å². The first-order chi connectivity index (χ1) is 33.9. The van der Waals surface area contributed by atoms with Gasteiger partial charge in [-0.3, -0.25) is 23.2 Å². The second-order valence-electron chi connectivity index (χ2n) is 16.8. The Morgan fingerprint density at radius 1 is 0.535 bits per heavy atom. The highest BCUT2D eigenvalue weighted by atomic mass is 31.2.